The van der Waals surface area contributed by atoms with Crippen LogP contribution >= 0.6 is 0 Å². The molecule has 2 heterocycles. The summed E-state index contributed by atoms with van der Waals surface area (Å²) in [6, 6.07) is 8.98. The molecule has 100 valence electrons. The Kier molecular flexibility index (Phi) is 3.23. The van der Waals surface area contributed by atoms with Crippen molar-refractivity contribution in [1.82, 2.24) is 4.57 Å². The minimum atomic E-state index is -0.342. The summed E-state index contributed by atoms with van der Waals surface area (Å²) in [5.41, 5.74) is 0.796. The van der Waals surface area contributed by atoms with Crippen LogP contribution in [0.2, 0.25) is 0 Å². The molecule has 0 aliphatic carbocycles. The number of hydrogen-bond acceptors (Lipinski definition) is 4. The Hall–Kier alpha value is -1.85. The maximum atomic E-state index is 12.0. The van der Waals surface area contributed by atoms with Gasteiger partial charge in [-0.25, -0.2) is 0 Å². The quantitative estimate of drug-likeness (QED) is 0.837. The third kappa shape index (κ3) is 2.34. The van der Waals surface area contributed by atoms with E-state index >= 15 is 0 Å². The monoisotopic (exact) mass is 261 g/mol. The van der Waals surface area contributed by atoms with Gasteiger partial charge < -0.3 is 18.8 Å². The number of aromatic nitrogens is 1. The predicted octanol–water partition coefficient (Wildman–Crippen LogP) is 1.38. The molecule has 0 saturated carbocycles. The lowest BCUT2D eigenvalue weighted by Gasteiger charge is -2.14. The molecule has 1 fully saturated rings. The fourth-order valence-electron chi connectivity index (χ4n) is 2.26. The lowest BCUT2D eigenvalue weighted by Crippen LogP contribution is -2.26. The van der Waals surface area contributed by atoms with Gasteiger partial charge in [-0.3, -0.25) is 4.79 Å². The van der Waals surface area contributed by atoms with Gasteiger partial charge in [-0.05, 0) is 24.3 Å². The standard InChI is InChI=1S/C14H15NO4/c1-17-11-3-4-12-10(8-11)2-5-13(16)15(12)9-14-18-6-7-19-14/h2-5,8,14H,6-7,9H2,1H3. The van der Waals surface area contributed by atoms with E-state index in [0.29, 0.717) is 19.8 Å². The summed E-state index contributed by atoms with van der Waals surface area (Å²) in [6.45, 7) is 1.57. The molecule has 19 heavy (non-hydrogen) atoms. The Morgan fingerprint density at radius 3 is 2.79 bits per heavy atom. The molecule has 5 heteroatoms. The fourth-order valence-corrected chi connectivity index (χ4v) is 2.26. The van der Waals surface area contributed by atoms with E-state index in [4.69, 9.17) is 14.2 Å². The van der Waals surface area contributed by atoms with Crippen LogP contribution in [0.25, 0.3) is 10.9 Å². The number of fused-ring (bicyclic) bond motifs is 1. The van der Waals surface area contributed by atoms with E-state index in [2.05, 4.69) is 0 Å². The zero-order chi connectivity index (χ0) is 13.2. The van der Waals surface area contributed by atoms with E-state index in [1.54, 1.807) is 23.8 Å². The first-order valence-electron chi connectivity index (χ1n) is 6.19. The Morgan fingerprint density at radius 2 is 2.05 bits per heavy atom. The third-order valence-electron chi connectivity index (χ3n) is 3.22. The van der Waals surface area contributed by atoms with Gasteiger partial charge in [0, 0.05) is 11.5 Å². The number of benzene rings is 1. The smallest absolute Gasteiger partial charge is 0.251 e. The van der Waals surface area contributed by atoms with Crippen LogP contribution < -0.4 is 10.3 Å². The lowest BCUT2D eigenvalue weighted by molar-refractivity contribution is -0.0522. The van der Waals surface area contributed by atoms with Crippen molar-refractivity contribution in [3.63, 3.8) is 0 Å². The number of methoxy groups -OCH3 is 1. The van der Waals surface area contributed by atoms with Crippen LogP contribution in [0.15, 0.2) is 35.1 Å². The second-order valence-corrected chi connectivity index (χ2v) is 4.38. The molecule has 1 aromatic carbocycles. The minimum absolute atomic E-state index is 0.0585. The highest BCUT2D eigenvalue weighted by Crippen LogP contribution is 2.20. The number of ether oxygens (including phenoxy) is 3. The van der Waals surface area contributed by atoms with E-state index in [-0.39, 0.29) is 11.8 Å². The van der Waals surface area contributed by atoms with Crippen LogP contribution in [-0.4, -0.2) is 31.2 Å². The topological polar surface area (TPSA) is 49.7 Å². The van der Waals surface area contributed by atoms with Crippen molar-refractivity contribution in [2.45, 2.75) is 12.8 Å². The Balaban J connectivity index is 2.05. The summed E-state index contributed by atoms with van der Waals surface area (Å²) in [4.78, 5) is 12.0. The maximum absolute atomic E-state index is 12.0. The van der Waals surface area contributed by atoms with Crippen LogP contribution in [0, 0.1) is 0 Å². The van der Waals surface area contributed by atoms with Crippen molar-refractivity contribution in [2.75, 3.05) is 20.3 Å². The van der Waals surface area contributed by atoms with Gasteiger partial charge in [-0.1, -0.05) is 0 Å². The van der Waals surface area contributed by atoms with Gasteiger partial charge in [-0.15, -0.1) is 0 Å². The molecule has 1 aliphatic rings. The summed E-state index contributed by atoms with van der Waals surface area (Å²) in [7, 11) is 1.62. The average molecular weight is 261 g/mol. The summed E-state index contributed by atoms with van der Waals surface area (Å²) in [5, 5.41) is 0.956. The average Bonchev–Trinajstić information content (AvgIpc) is 2.94. The minimum Gasteiger partial charge on any atom is -0.497 e. The first-order valence-corrected chi connectivity index (χ1v) is 6.19. The van der Waals surface area contributed by atoms with Crippen LogP contribution in [-0.2, 0) is 16.0 Å². The second kappa shape index (κ2) is 5.03. The number of rotatable bonds is 3. The Bertz CT molecular complexity index is 643. The van der Waals surface area contributed by atoms with Gasteiger partial charge in [0.05, 0.1) is 32.4 Å². The molecule has 0 unspecified atom stereocenters. The van der Waals surface area contributed by atoms with Gasteiger partial charge in [0.15, 0.2) is 6.29 Å². The van der Waals surface area contributed by atoms with Crippen molar-refractivity contribution < 1.29 is 14.2 Å². The van der Waals surface area contributed by atoms with Crippen molar-refractivity contribution in [2.24, 2.45) is 0 Å². The van der Waals surface area contributed by atoms with Crippen LogP contribution in [0.3, 0.4) is 0 Å². The van der Waals surface area contributed by atoms with Crippen molar-refractivity contribution in [3.05, 3.63) is 40.7 Å². The van der Waals surface area contributed by atoms with E-state index in [1.165, 1.54) is 0 Å². The van der Waals surface area contributed by atoms with E-state index in [1.807, 2.05) is 18.2 Å². The Morgan fingerprint density at radius 1 is 1.26 bits per heavy atom. The largest absolute Gasteiger partial charge is 0.497 e. The highest BCUT2D eigenvalue weighted by molar-refractivity contribution is 5.80. The molecule has 2 aromatic rings. The first-order chi connectivity index (χ1) is 9.28. The summed E-state index contributed by atoms with van der Waals surface area (Å²) >= 11 is 0. The molecule has 3 rings (SSSR count). The molecule has 0 spiro atoms. The second-order valence-electron chi connectivity index (χ2n) is 4.38. The maximum Gasteiger partial charge on any atom is 0.251 e. The SMILES string of the molecule is COc1ccc2c(ccc(=O)n2CC2OCCO2)c1. The van der Waals surface area contributed by atoms with Crippen molar-refractivity contribution >= 4 is 10.9 Å². The van der Waals surface area contributed by atoms with E-state index in [9.17, 15) is 4.79 Å². The summed E-state index contributed by atoms with van der Waals surface area (Å²) in [5.74, 6) is 0.770. The molecule has 1 aliphatic heterocycles. The normalized spacial score (nSPS) is 16.1. The highest BCUT2D eigenvalue weighted by atomic mass is 16.7. The van der Waals surface area contributed by atoms with Gasteiger partial charge in [0.1, 0.15) is 5.75 Å². The van der Waals surface area contributed by atoms with E-state index < -0.39 is 0 Å². The molecule has 0 N–H and O–H groups in total. The van der Waals surface area contributed by atoms with Crippen LogP contribution in [0.1, 0.15) is 0 Å². The molecule has 0 atom stereocenters. The lowest BCUT2D eigenvalue weighted by atomic mass is 10.2. The van der Waals surface area contributed by atoms with Crippen LogP contribution in [0.4, 0.5) is 0 Å². The van der Waals surface area contributed by atoms with Gasteiger partial charge in [-0.2, -0.15) is 0 Å². The number of pyridine rings is 1. The van der Waals surface area contributed by atoms with Gasteiger partial charge >= 0.3 is 0 Å². The van der Waals surface area contributed by atoms with Gasteiger partial charge in [0.25, 0.3) is 5.56 Å². The molecule has 1 saturated heterocycles. The Labute approximate surface area is 110 Å². The predicted molar refractivity (Wildman–Crippen MR) is 70.5 cm³/mol. The third-order valence-corrected chi connectivity index (χ3v) is 3.22. The molecular formula is C14H15NO4. The number of hydrogen-bond donors (Lipinski definition) is 0. The zero-order valence-corrected chi connectivity index (χ0v) is 10.7. The molecule has 5 nitrogen and oxygen atoms in total. The summed E-state index contributed by atoms with van der Waals surface area (Å²) in [6.07, 6.45) is -0.342. The zero-order valence-electron chi connectivity index (χ0n) is 10.7. The van der Waals surface area contributed by atoms with Crippen molar-refractivity contribution in [1.29, 1.82) is 0 Å². The fraction of sp³-hybridized carbons (Fsp3) is 0.357. The molecule has 1 aromatic heterocycles. The first kappa shape index (κ1) is 12.2. The molecule has 0 amide bonds. The molecule has 0 radical (unpaired) electrons. The van der Waals surface area contributed by atoms with E-state index in [0.717, 1.165) is 16.7 Å². The molecular weight excluding hydrogens is 246 g/mol. The van der Waals surface area contributed by atoms with Crippen molar-refractivity contribution in [3.8, 4) is 5.75 Å². The molecule has 0 bridgehead atoms. The van der Waals surface area contributed by atoms with Crippen LogP contribution in [0.5, 0.6) is 5.75 Å². The number of nitrogens with zero attached hydrogens (tertiary/aromatic N) is 1. The van der Waals surface area contributed by atoms with Gasteiger partial charge in [0.2, 0.25) is 0 Å². The highest BCUT2D eigenvalue weighted by Gasteiger charge is 2.18. The summed E-state index contributed by atoms with van der Waals surface area (Å²) < 4.78 is 17.7.